The lowest BCUT2D eigenvalue weighted by Crippen LogP contribution is -2.40. The second-order valence-corrected chi connectivity index (χ2v) is 10.2. The van der Waals surface area contributed by atoms with Crippen molar-refractivity contribution in [3.8, 4) is 0 Å². The van der Waals surface area contributed by atoms with Crippen LogP contribution in [0.1, 0.15) is 41.5 Å². The standard InChI is InChI=1S/C20H24ClN3O4S/c1-20(2,3)23-19(26)13-6-9-15(10-7-13)22-18(25)14-8-11-16(21)17(12-14)29(27,28)24(4)5/h6-12H,1-5H3,(H,22,25)(H,23,26). The molecule has 0 aromatic heterocycles. The molecule has 0 unspecified atom stereocenters. The van der Waals surface area contributed by atoms with Gasteiger partial charge in [0.05, 0.1) is 5.02 Å². The Morgan fingerprint density at radius 1 is 0.931 bits per heavy atom. The topological polar surface area (TPSA) is 95.6 Å². The SMILES string of the molecule is CN(C)S(=O)(=O)c1cc(C(=O)Nc2ccc(C(=O)NC(C)(C)C)cc2)ccc1Cl. The zero-order valence-corrected chi connectivity index (χ0v) is 18.5. The Morgan fingerprint density at radius 2 is 1.48 bits per heavy atom. The first-order chi connectivity index (χ1) is 13.3. The number of halogens is 1. The minimum absolute atomic E-state index is 0.0319. The molecule has 29 heavy (non-hydrogen) atoms. The summed E-state index contributed by atoms with van der Waals surface area (Å²) < 4.78 is 25.7. The number of benzene rings is 2. The Kier molecular flexibility index (Phi) is 6.72. The van der Waals surface area contributed by atoms with Crippen LogP contribution < -0.4 is 10.6 Å². The van der Waals surface area contributed by atoms with Gasteiger partial charge in [-0.15, -0.1) is 0 Å². The van der Waals surface area contributed by atoms with Crippen molar-refractivity contribution >= 4 is 39.1 Å². The van der Waals surface area contributed by atoms with Gasteiger partial charge in [0.25, 0.3) is 11.8 Å². The van der Waals surface area contributed by atoms with E-state index in [4.69, 9.17) is 11.6 Å². The average Bonchev–Trinajstić information content (AvgIpc) is 2.60. The zero-order chi connectivity index (χ0) is 22.0. The van der Waals surface area contributed by atoms with Crippen molar-refractivity contribution in [1.82, 2.24) is 9.62 Å². The van der Waals surface area contributed by atoms with Crippen molar-refractivity contribution in [3.05, 3.63) is 58.6 Å². The van der Waals surface area contributed by atoms with E-state index in [1.165, 1.54) is 32.3 Å². The van der Waals surface area contributed by atoms with E-state index in [2.05, 4.69) is 10.6 Å². The third-order valence-corrected chi connectivity index (χ3v) is 6.14. The van der Waals surface area contributed by atoms with Gasteiger partial charge in [-0.05, 0) is 63.2 Å². The van der Waals surface area contributed by atoms with E-state index in [1.54, 1.807) is 24.3 Å². The average molecular weight is 438 g/mol. The van der Waals surface area contributed by atoms with Crippen LogP contribution in [0.2, 0.25) is 5.02 Å². The molecule has 0 spiro atoms. The molecule has 0 aliphatic carbocycles. The molecule has 9 heteroatoms. The summed E-state index contributed by atoms with van der Waals surface area (Å²) in [5.74, 6) is -0.713. The second-order valence-electron chi connectivity index (χ2n) is 7.67. The predicted octanol–water partition coefficient (Wildman–Crippen LogP) is 3.37. The van der Waals surface area contributed by atoms with Crippen LogP contribution in [0.3, 0.4) is 0 Å². The lowest BCUT2D eigenvalue weighted by Gasteiger charge is -2.20. The Hall–Kier alpha value is -2.42. The van der Waals surface area contributed by atoms with Crippen LogP contribution in [0.4, 0.5) is 5.69 Å². The first-order valence-electron chi connectivity index (χ1n) is 8.77. The van der Waals surface area contributed by atoms with Crippen molar-refractivity contribution in [1.29, 1.82) is 0 Å². The number of amides is 2. The fourth-order valence-corrected chi connectivity index (χ4v) is 3.75. The Balaban J connectivity index is 2.20. The lowest BCUT2D eigenvalue weighted by molar-refractivity contribution is 0.0919. The van der Waals surface area contributed by atoms with Crippen molar-refractivity contribution in [3.63, 3.8) is 0 Å². The third kappa shape index (κ3) is 5.79. The van der Waals surface area contributed by atoms with E-state index in [0.717, 1.165) is 4.31 Å². The van der Waals surface area contributed by atoms with Gasteiger partial charge in [0.1, 0.15) is 4.90 Å². The minimum Gasteiger partial charge on any atom is -0.347 e. The van der Waals surface area contributed by atoms with Gasteiger partial charge in [0.15, 0.2) is 0 Å². The van der Waals surface area contributed by atoms with Crippen molar-refractivity contribution < 1.29 is 18.0 Å². The number of hydrogen-bond donors (Lipinski definition) is 2. The fourth-order valence-electron chi connectivity index (χ4n) is 2.36. The molecule has 0 aliphatic rings. The molecule has 156 valence electrons. The van der Waals surface area contributed by atoms with Crippen LogP contribution in [-0.2, 0) is 10.0 Å². The van der Waals surface area contributed by atoms with Gasteiger partial charge >= 0.3 is 0 Å². The van der Waals surface area contributed by atoms with E-state index >= 15 is 0 Å². The van der Waals surface area contributed by atoms with E-state index in [0.29, 0.717) is 11.3 Å². The second kappa shape index (κ2) is 8.52. The number of sulfonamides is 1. The largest absolute Gasteiger partial charge is 0.347 e. The molecule has 2 N–H and O–H groups in total. The number of carbonyl (C=O) groups excluding carboxylic acids is 2. The van der Waals surface area contributed by atoms with E-state index in [-0.39, 0.29) is 26.9 Å². The van der Waals surface area contributed by atoms with Crippen LogP contribution in [0, 0.1) is 0 Å². The van der Waals surface area contributed by atoms with Crippen LogP contribution in [0.5, 0.6) is 0 Å². The van der Waals surface area contributed by atoms with E-state index < -0.39 is 15.9 Å². The molecule has 0 aliphatic heterocycles. The molecule has 0 fully saturated rings. The molecular weight excluding hydrogens is 414 g/mol. The van der Waals surface area contributed by atoms with Gasteiger partial charge in [-0.3, -0.25) is 9.59 Å². The smallest absolute Gasteiger partial charge is 0.255 e. The quantitative estimate of drug-likeness (QED) is 0.749. The number of nitrogens with zero attached hydrogens (tertiary/aromatic N) is 1. The molecule has 0 bridgehead atoms. The van der Waals surface area contributed by atoms with Gasteiger partial charge in [-0.25, -0.2) is 12.7 Å². The van der Waals surface area contributed by atoms with Crippen LogP contribution >= 0.6 is 11.6 Å². The maximum atomic E-state index is 12.5. The number of nitrogens with one attached hydrogen (secondary N) is 2. The summed E-state index contributed by atoms with van der Waals surface area (Å²) in [7, 11) is -1.02. The third-order valence-electron chi connectivity index (χ3n) is 3.85. The highest BCUT2D eigenvalue weighted by Crippen LogP contribution is 2.25. The molecule has 0 radical (unpaired) electrons. The number of anilines is 1. The molecule has 2 aromatic carbocycles. The number of hydrogen-bond acceptors (Lipinski definition) is 4. The van der Waals surface area contributed by atoms with Crippen LogP contribution in [-0.4, -0.2) is 44.2 Å². The van der Waals surface area contributed by atoms with Crippen molar-refractivity contribution in [2.75, 3.05) is 19.4 Å². The number of carbonyl (C=O) groups is 2. The van der Waals surface area contributed by atoms with Crippen molar-refractivity contribution in [2.24, 2.45) is 0 Å². The fraction of sp³-hybridized carbons (Fsp3) is 0.300. The highest BCUT2D eigenvalue weighted by molar-refractivity contribution is 7.89. The van der Waals surface area contributed by atoms with Gasteiger partial charge in [0.2, 0.25) is 10.0 Å². The highest BCUT2D eigenvalue weighted by atomic mass is 35.5. The summed E-state index contributed by atoms with van der Waals surface area (Å²) in [5.41, 5.74) is 0.714. The van der Waals surface area contributed by atoms with Crippen LogP contribution in [0.15, 0.2) is 47.4 Å². The lowest BCUT2D eigenvalue weighted by atomic mass is 10.1. The predicted molar refractivity (Wildman–Crippen MR) is 114 cm³/mol. The normalized spacial score (nSPS) is 12.0. The summed E-state index contributed by atoms with van der Waals surface area (Å²) in [6.07, 6.45) is 0. The molecule has 2 rings (SSSR count). The molecule has 0 saturated carbocycles. The first-order valence-corrected chi connectivity index (χ1v) is 10.6. The maximum Gasteiger partial charge on any atom is 0.255 e. The highest BCUT2D eigenvalue weighted by Gasteiger charge is 2.22. The monoisotopic (exact) mass is 437 g/mol. The molecule has 2 aromatic rings. The summed E-state index contributed by atoms with van der Waals surface area (Å²) >= 11 is 6.01. The Morgan fingerprint density at radius 3 is 2.00 bits per heavy atom. The molecule has 7 nitrogen and oxygen atoms in total. The summed E-state index contributed by atoms with van der Waals surface area (Å²) in [4.78, 5) is 24.6. The molecule has 2 amide bonds. The van der Waals surface area contributed by atoms with Gasteiger partial charge in [-0.2, -0.15) is 0 Å². The molecular formula is C20H24ClN3O4S. The summed E-state index contributed by atoms with van der Waals surface area (Å²) in [6.45, 7) is 5.66. The Labute approximate surface area is 176 Å². The Bertz CT molecular complexity index is 1030. The van der Waals surface area contributed by atoms with Gasteiger partial charge in [-0.1, -0.05) is 11.6 Å². The maximum absolute atomic E-state index is 12.5. The molecule has 0 atom stereocenters. The molecule has 0 saturated heterocycles. The summed E-state index contributed by atoms with van der Waals surface area (Å²) in [5, 5.41) is 5.57. The van der Waals surface area contributed by atoms with Gasteiger partial charge < -0.3 is 10.6 Å². The zero-order valence-electron chi connectivity index (χ0n) is 16.9. The van der Waals surface area contributed by atoms with E-state index in [1.807, 2.05) is 20.8 Å². The van der Waals surface area contributed by atoms with E-state index in [9.17, 15) is 18.0 Å². The first kappa shape index (κ1) is 22.9. The number of rotatable bonds is 5. The van der Waals surface area contributed by atoms with Crippen LogP contribution in [0.25, 0.3) is 0 Å². The summed E-state index contributed by atoms with van der Waals surface area (Å²) in [6, 6.07) is 10.4. The van der Waals surface area contributed by atoms with Crippen molar-refractivity contribution in [2.45, 2.75) is 31.2 Å². The minimum atomic E-state index is -3.79. The molecule has 0 heterocycles. The van der Waals surface area contributed by atoms with Gasteiger partial charge in [0, 0.05) is 36.4 Å².